The summed E-state index contributed by atoms with van der Waals surface area (Å²) >= 11 is 0. The number of hydrogen-bond donors (Lipinski definition) is 1. The van der Waals surface area contributed by atoms with Crippen LogP contribution >= 0.6 is 0 Å². The molecule has 2 aromatic carbocycles. The van der Waals surface area contributed by atoms with Gasteiger partial charge >= 0.3 is 0 Å². The molecular formula is C21H21N3O3. The van der Waals surface area contributed by atoms with E-state index < -0.39 is 0 Å². The SMILES string of the molecule is COc1cc(-n2nccc2NC(=O)C(C)c2ccc(C=O)cc2)ccc1C. The second-order valence-electron chi connectivity index (χ2n) is 6.28. The quantitative estimate of drug-likeness (QED) is 0.677. The first-order valence-corrected chi connectivity index (χ1v) is 8.58. The van der Waals surface area contributed by atoms with Crippen LogP contribution in [-0.2, 0) is 4.79 Å². The number of hydrogen-bond acceptors (Lipinski definition) is 4. The normalized spacial score (nSPS) is 11.7. The summed E-state index contributed by atoms with van der Waals surface area (Å²) < 4.78 is 7.02. The van der Waals surface area contributed by atoms with Gasteiger partial charge in [-0.15, -0.1) is 0 Å². The molecule has 0 spiro atoms. The predicted molar refractivity (Wildman–Crippen MR) is 104 cm³/mol. The average Bonchev–Trinajstić information content (AvgIpc) is 3.16. The Hall–Kier alpha value is -3.41. The van der Waals surface area contributed by atoms with Crippen molar-refractivity contribution in [1.29, 1.82) is 0 Å². The first kappa shape index (κ1) is 18.4. The summed E-state index contributed by atoms with van der Waals surface area (Å²) in [6.07, 6.45) is 2.41. The zero-order chi connectivity index (χ0) is 19.4. The molecule has 27 heavy (non-hydrogen) atoms. The number of ether oxygens (including phenoxy) is 1. The fourth-order valence-corrected chi connectivity index (χ4v) is 2.79. The van der Waals surface area contributed by atoms with Crippen molar-refractivity contribution in [2.75, 3.05) is 12.4 Å². The molecule has 0 aliphatic carbocycles. The molecule has 1 unspecified atom stereocenters. The Morgan fingerprint density at radius 3 is 2.59 bits per heavy atom. The molecule has 1 atom stereocenters. The minimum absolute atomic E-state index is 0.158. The number of rotatable bonds is 6. The van der Waals surface area contributed by atoms with Gasteiger partial charge in [-0.2, -0.15) is 5.10 Å². The summed E-state index contributed by atoms with van der Waals surface area (Å²) in [5.74, 6) is 0.794. The molecule has 0 saturated carbocycles. The Morgan fingerprint density at radius 2 is 1.93 bits per heavy atom. The van der Waals surface area contributed by atoms with Gasteiger partial charge in [-0.25, -0.2) is 4.68 Å². The summed E-state index contributed by atoms with van der Waals surface area (Å²) in [5, 5.41) is 7.23. The fraction of sp³-hybridized carbons (Fsp3) is 0.190. The van der Waals surface area contributed by atoms with E-state index in [1.807, 2.05) is 32.0 Å². The van der Waals surface area contributed by atoms with Gasteiger partial charge in [-0.1, -0.05) is 30.3 Å². The van der Waals surface area contributed by atoms with Gasteiger partial charge in [0.15, 0.2) is 0 Å². The van der Waals surface area contributed by atoms with Crippen molar-refractivity contribution >= 4 is 18.0 Å². The minimum Gasteiger partial charge on any atom is -0.496 e. The standard InChI is InChI=1S/C21H21N3O3/c1-14-4-9-18(12-19(14)27-3)24-20(10-11-22-24)23-21(26)15(2)17-7-5-16(13-25)6-8-17/h4-13,15H,1-3H3,(H,23,26). The van der Waals surface area contributed by atoms with Crippen LogP contribution in [0.5, 0.6) is 5.75 Å². The van der Waals surface area contributed by atoms with E-state index in [2.05, 4.69) is 10.4 Å². The van der Waals surface area contributed by atoms with Gasteiger partial charge in [0.2, 0.25) is 5.91 Å². The number of methoxy groups -OCH3 is 1. The maximum absolute atomic E-state index is 12.7. The smallest absolute Gasteiger partial charge is 0.232 e. The number of benzene rings is 2. The molecular weight excluding hydrogens is 342 g/mol. The Labute approximate surface area is 157 Å². The Morgan fingerprint density at radius 1 is 1.19 bits per heavy atom. The highest BCUT2D eigenvalue weighted by atomic mass is 16.5. The van der Waals surface area contributed by atoms with Crippen molar-refractivity contribution in [3.8, 4) is 11.4 Å². The maximum atomic E-state index is 12.7. The van der Waals surface area contributed by atoms with Gasteiger partial charge in [-0.05, 0) is 31.0 Å². The molecule has 1 aromatic heterocycles. The molecule has 1 heterocycles. The van der Waals surface area contributed by atoms with Gasteiger partial charge in [0.05, 0.1) is 24.9 Å². The lowest BCUT2D eigenvalue weighted by molar-refractivity contribution is -0.117. The molecule has 0 aliphatic heterocycles. The largest absolute Gasteiger partial charge is 0.496 e. The monoisotopic (exact) mass is 363 g/mol. The summed E-state index contributed by atoms with van der Waals surface area (Å²) in [4.78, 5) is 23.5. The Bertz CT molecular complexity index is 961. The van der Waals surface area contributed by atoms with Gasteiger partial charge in [0.1, 0.15) is 17.9 Å². The number of aromatic nitrogens is 2. The number of carbonyl (C=O) groups is 2. The van der Waals surface area contributed by atoms with Crippen molar-refractivity contribution < 1.29 is 14.3 Å². The summed E-state index contributed by atoms with van der Waals surface area (Å²) in [5.41, 5.74) is 3.23. The number of aryl methyl sites for hydroxylation is 1. The molecule has 1 amide bonds. The molecule has 0 saturated heterocycles. The third-order valence-electron chi connectivity index (χ3n) is 4.50. The van der Waals surface area contributed by atoms with Crippen LogP contribution in [0.4, 0.5) is 5.82 Å². The summed E-state index contributed by atoms with van der Waals surface area (Å²) in [6, 6.07) is 14.5. The van der Waals surface area contributed by atoms with Gasteiger partial charge in [-0.3, -0.25) is 9.59 Å². The van der Waals surface area contributed by atoms with Gasteiger partial charge in [0, 0.05) is 17.7 Å². The number of nitrogens with zero attached hydrogens (tertiary/aromatic N) is 2. The molecule has 3 aromatic rings. The zero-order valence-electron chi connectivity index (χ0n) is 15.5. The van der Waals surface area contributed by atoms with E-state index in [4.69, 9.17) is 4.74 Å². The van der Waals surface area contributed by atoms with E-state index in [0.717, 1.165) is 28.8 Å². The number of amides is 1. The van der Waals surface area contributed by atoms with E-state index in [-0.39, 0.29) is 11.8 Å². The van der Waals surface area contributed by atoms with Crippen LogP contribution in [0.1, 0.15) is 34.3 Å². The van der Waals surface area contributed by atoms with Crippen LogP contribution in [0.3, 0.4) is 0 Å². The third-order valence-corrected chi connectivity index (χ3v) is 4.50. The number of carbonyl (C=O) groups excluding carboxylic acids is 2. The summed E-state index contributed by atoms with van der Waals surface area (Å²) in [6.45, 7) is 3.78. The Kier molecular flexibility index (Phi) is 5.35. The highest BCUT2D eigenvalue weighted by Gasteiger charge is 2.17. The number of nitrogens with one attached hydrogen (secondary N) is 1. The minimum atomic E-state index is -0.374. The van der Waals surface area contributed by atoms with Gasteiger partial charge < -0.3 is 10.1 Å². The molecule has 6 nitrogen and oxygen atoms in total. The molecule has 0 aliphatic rings. The lowest BCUT2D eigenvalue weighted by Gasteiger charge is -2.15. The van der Waals surface area contributed by atoms with E-state index >= 15 is 0 Å². The first-order chi connectivity index (χ1) is 13.0. The molecule has 3 rings (SSSR count). The van der Waals surface area contributed by atoms with Crippen LogP contribution in [-0.4, -0.2) is 29.1 Å². The van der Waals surface area contributed by atoms with Crippen molar-refractivity contribution in [2.45, 2.75) is 19.8 Å². The number of aldehydes is 1. The topological polar surface area (TPSA) is 73.2 Å². The van der Waals surface area contributed by atoms with E-state index in [1.54, 1.807) is 48.3 Å². The van der Waals surface area contributed by atoms with Crippen LogP contribution in [0.2, 0.25) is 0 Å². The fourth-order valence-electron chi connectivity index (χ4n) is 2.79. The van der Waals surface area contributed by atoms with Crippen molar-refractivity contribution in [3.63, 3.8) is 0 Å². The van der Waals surface area contributed by atoms with E-state index in [1.165, 1.54) is 0 Å². The van der Waals surface area contributed by atoms with Crippen molar-refractivity contribution in [3.05, 3.63) is 71.4 Å². The van der Waals surface area contributed by atoms with Crippen LogP contribution in [0.15, 0.2) is 54.7 Å². The van der Waals surface area contributed by atoms with Crippen molar-refractivity contribution in [1.82, 2.24) is 9.78 Å². The van der Waals surface area contributed by atoms with Crippen LogP contribution < -0.4 is 10.1 Å². The second-order valence-corrected chi connectivity index (χ2v) is 6.28. The summed E-state index contributed by atoms with van der Waals surface area (Å²) in [7, 11) is 1.62. The molecule has 0 fully saturated rings. The molecule has 6 heteroatoms. The third kappa shape index (κ3) is 3.89. The van der Waals surface area contributed by atoms with Crippen LogP contribution in [0.25, 0.3) is 5.69 Å². The molecule has 138 valence electrons. The first-order valence-electron chi connectivity index (χ1n) is 8.58. The maximum Gasteiger partial charge on any atom is 0.232 e. The highest BCUT2D eigenvalue weighted by Crippen LogP contribution is 2.24. The second kappa shape index (κ2) is 7.86. The van der Waals surface area contributed by atoms with Crippen LogP contribution in [0, 0.1) is 6.92 Å². The molecule has 1 N–H and O–H groups in total. The average molecular weight is 363 g/mol. The lowest BCUT2D eigenvalue weighted by Crippen LogP contribution is -2.20. The molecule has 0 radical (unpaired) electrons. The zero-order valence-corrected chi connectivity index (χ0v) is 15.5. The van der Waals surface area contributed by atoms with Gasteiger partial charge in [0.25, 0.3) is 0 Å². The molecule has 0 bridgehead atoms. The number of anilines is 1. The van der Waals surface area contributed by atoms with E-state index in [0.29, 0.717) is 11.4 Å². The van der Waals surface area contributed by atoms with E-state index in [9.17, 15) is 9.59 Å². The lowest BCUT2D eigenvalue weighted by atomic mass is 9.99. The highest BCUT2D eigenvalue weighted by molar-refractivity contribution is 5.95. The Balaban J connectivity index is 1.81. The van der Waals surface area contributed by atoms with Crippen molar-refractivity contribution in [2.24, 2.45) is 0 Å². The predicted octanol–water partition coefficient (Wildman–Crippen LogP) is 3.74.